The van der Waals surface area contributed by atoms with E-state index < -0.39 is 0 Å². The predicted octanol–water partition coefficient (Wildman–Crippen LogP) is 1.39. The first kappa shape index (κ1) is 11.6. The average molecular weight is 231 g/mol. The predicted molar refractivity (Wildman–Crippen MR) is 67.8 cm³/mol. The fraction of sp³-hybridized carbons (Fsp3) is 0.385. The Balaban J connectivity index is 2.29. The third-order valence-electron chi connectivity index (χ3n) is 2.85. The number of aryl methyl sites for hydroxylation is 1. The van der Waals surface area contributed by atoms with Gasteiger partial charge in [-0.1, -0.05) is 31.2 Å². The highest BCUT2D eigenvalue weighted by Crippen LogP contribution is 2.21. The minimum atomic E-state index is -0.309. The Kier molecular flexibility index (Phi) is 3.42. The van der Waals surface area contributed by atoms with Gasteiger partial charge in [-0.3, -0.25) is 15.1 Å². The second kappa shape index (κ2) is 4.99. The molecule has 1 unspecified atom stereocenters. The van der Waals surface area contributed by atoms with E-state index in [0.29, 0.717) is 12.5 Å². The van der Waals surface area contributed by atoms with Crippen molar-refractivity contribution in [3.8, 4) is 0 Å². The highest BCUT2D eigenvalue weighted by Gasteiger charge is 2.30. The topological polar surface area (TPSA) is 53.5 Å². The number of nitrogens with one attached hydrogen (secondary N) is 2. The third-order valence-corrected chi connectivity index (χ3v) is 2.85. The van der Waals surface area contributed by atoms with Crippen LogP contribution in [0.1, 0.15) is 31.0 Å². The zero-order valence-electron chi connectivity index (χ0n) is 10.2. The zero-order valence-corrected chi connectivity index (χ0v) is 10.2. The molecule has 1 atom stereocenters. The summed E-state index contributed by atoms with van der Waals surface area (Å²) in [5.74, 6) is 0.548. The molecule has 1 aliphatic heterocycles. The molecule has 2 N–H and O–H groups in total. The van der Waals surface area contributed by atoms with E-state index in [9.17, 15) is 4.79 Å². The number of carbonyl (C=O) groups excluding carboxylic acids is 1. The Bertz CT molecular complexity index is 454. The number of aliphatic imine (C=N–C) groups is 1. The van der Waals surface area contributed by atoms with Crippen molar-refractivity contribution in [2.45, 2.75) is 26.3 Å². The van der Waals surface area contributed by atoms with Gasteiger partial charge in [-0.15, -0.1) is 0 Å². The molecule has 1 fully saturated rings. The van der Waals surface area contributed by atoms with Crippen LogP contribution in [0.15, 0.2) is 29.3 Å². The van der Waals surface area contributed by atoms with E-state index in [-0.39, 0.29) is 11.9 Å². The molecule has 0 saturated carbocycles. The standard InChI is InChI=1S/C13H17N3O/c1-3-9-7-5-6-8-10(9)11-12(17)16-13(15-11)14-4-2/h5-8,11H,3-4H2,1-2H3,(H2,14,15,16,17). The fourth-order valence-corrected chi connectivity index (χ4v) is 2.03. The monoisotopic (exact) mass is 231 g/mol. The lowest BCUT2D eigenvalue weighted by molar-refractivity contribution is -0.120. The van der Waals surface area contributed by atoms with E-state index in [2.05, 4.69) is 28.6 Å². The lowest BCUT2D eigenvalue weighted by Crippen LogP contribution is -2.25. The average Bonchev–Trinajstić information content (AvgIpc) is 2.70. The van der Waals surface area contributed by atoms with Gasteiger partial charge >= 0.3 is 0 Å². The number of rotatable bonds is 3. The maximum absolute atomic E-state index is 11.9. The van der Waals surface area contributed by atoms with Crippen LogP contribution >= 0.6 is 0 Å². The Morgan fingerprint density at radius 2 is 2.06 bits per heavy atom. The summed E-state index contributed by atoms with van der Waals surface area (Å²) in [6.07, 6.45) is 0.919. The van der Waals surface area contributed by atoms with Gasteiger partial charge in [0.1, 0.15) is 6.04 Å². The maximum Gasteiger partial charge on any atom is 0.253 e. The molecular formula is C13H17N3O. The van der Waals surface area contributed by atoms with E-state index in [1.165, 1.54) is 5.56 Å². The van der Waals surface area contributed by atoms with Gasteiger partial charge in [0.25, 0.3) is 5.91 Å². The van der Waals surface area contributed by atoms with Crippen LogP contribution in [-0.2, 0) is 11.2 Å². The molecule has 0 radical (unpaired) electrons. The molecule has 1 saturated heterocycles. The molecule has 90 valence electrons. The molecule has 4 heteroatoms. The normalized spacial score (nSPS) is 21.4. The summed E-state index contributed by atoms with van der Waals surface area (Å²) in [6.45, 7) is 4.69. The Hall–Kier alpha value is -1.84. The van der Waals surface area contributed by atoms with Crippen LogP contribution < -0.4 is 10.6 Å². The highest BCUT2D eigenvalue weighted by atomic mass is 16.2. The van der Waals surface area contributed by atoms with Gasteiger partial charge in [0.05, 0.1) is 0 Å². The molecule has 17 heavy (non-hydrogen) atoms. The number of nitrogens with zero attached hydrogens (tertiary/aromatic N) is 1. The molecule has 1 amide bonds. The van der Waals surface area contributed by atoms with E-state index in [0.717, 1.165) is 12.0 Å². The Morgan fingerprint density at radius 3 is 2.76 bits per heavy atom. The van der Waals surface area contributed by atoms with Gasteiger partial charge in [-0.25, -0.2) is 0 Å². The molecule has 0 spiro atoms. The van der Waals surface area contributed by atoms with Crippen molar-refractivity contribution >= 4 is 11.9 Å². The molecule has 1 aromatic carbocycles. The molecule has 4 nitrogen and oxygen atoms in total. The van der Waals surface area contributed by atoms with Crippen LogP contribution in [0, 0.1) is 0 Å². The van der Waals surface area contributed by atoms with Gasteiger partial charge in [0.2, 0.25) is 0 Å². The van der Waals surface area contributed by atoms with E-state index >= 15 is 0 Å². The highest BCUT2D eigenvalue weighted by molar-refractivity contribution is 6.06. The van der Waals surface area contributed by atoms with Crippen molar-refractivity contribution in [1.29, 1.82) is 0 Å². The fourth-order valence-electron chi connectivity index (χ4n) is 2.03. The summed E-state index contributed by atoms with van der Waals surface area (Å²) < 4.78 is 0. The maximum atomic E-state index is 11.9. The summed E-state index contributed by atoms with van der Waals surface area (Å²) in [7, 11) is 0. The molecule has 1 aliphatic rings. The molecule has 1 heterocycles. The summed E-state index contributed by atoms with van der Waals surface area (Å²) in [5, 5.41) is 5.88. The van der Waals surface area contributed by atoms with Gasteiger partial charge < -0.3 is 5.32 Å². The van der Waals surface area contributed by atoms with Crippen LogP contribution in [0.2, 0.25) is 0 Å². The minimum absolute atomic E-state index is 0.0295. The molecule has 1 aromatic rings. The van der Waals surface area contributed by atoms with Gasteiger partial charge in [-0.05, 0) is 24.5 Å². The van der Waals surface area contributed by atoms with Crippen molar-refractivity contribution in [2.24, 2.45) is 4.99 Å². The molecule has 0 aromatic heterocycles. The van der Waals surface area contributed by atoms with Crippen LogP contribution in [0.25, 0.3) is 0 Å². The largest absolute Gasteiger partial charge is 0.340 e. The summed E-state index contributed by atoms with van der Waals surface area (Å²) in [6, 6.07) is 7.69. The number of hydrogen-bond acceptors (Lipinski definition) is 2. The number of benzene rings is 1. The van der Waals surface area contributed by atoms with Gasteiger partial charge in [0.15, 0.2) is 5.96 Å². The second-order valence-corrected chi connectivity index (χ2v) is 3.94. The molecule has 2 rings (SSSR count). The van der Waals surface area contributed by atoms with E-state index in [4.69, 9.17) is 0 Å². The SMILES string of the molecule is CCN=C1NC(=O)C(c2ccccc2CC)N1. The van der Waals surface area contributed by atoms with Gasteiger partial charge in [-0.2, -0.15) is 0 Å². The second-order valence-electron chi connectivity index (χ2n) is 3.94. The lowest BCUT2D eigenvalue weighted by atomic mass is 9.99. The number of carbonyl (C=O) groups is 1. The smallest absolute Gasteiger partial charge is 0.253 e. The Labute approximate surface area is 101 Å². The van der Waals surface area contributed by atoms with Crippen molar-refractivity contribution in [2.75, 3.05) is 6.54 Å². The van der Waals surface area contributed by atoms with E-state index in [1.54, 1.807) is 0 Å². The van der Waals surface area contributed by atoms with Crippen molar-refractivity contribution in [1.82, 2.24) is 10.6 Å². The minimum Gasteiger partial charge on any atom is -0.340 e. The van der Waals surface area contributed by atoms with Crippen LogP contribution in [-0.4, -0.2) is 18.4 Å². The summed E-state index contributed by atoms with van der Waals surface area (Å²) in [5.41, 5.74) is 2.23. The quantitative estimate of drug-likeness (QED) is 0.826. The lowest BCUT2D eigenvalue weighted by Gasteiger charge is -2.12. The molecular weight excluding hydrogens is 214 g/mol. The first-order valence-corrected chi connectivity index (χ1v) is 5.96. The third kappa shape index (κ3) is 2.30. The molecule has 0 bridgehead atoms. The van der Waals surface area contributed by atoms with Crippen molar-refractivity contribution in [3.05, 3.63) is 35.4 Å². The summed E-state index contributed by atoms with van der Waals surface area (Å²) in [4.78, 5) is 16.1. The first-order valence-electron chi connectivity index (χ1n) is 5.96. The van der Waals surface area contributed by atoms with Crippen LogP contribution in [0.3, 0.4) is 0 Å². The van der Waals surface area contributed by atoms with Crippen molar-refractivity contribution < 1.29 is 4.79 Å². The first-order chi connectivity index (χ1) is 8.26. The van der Waals surface area contributed by atoms with Gasteiger partial charge in [0, 0.05) is 6.54 Å². The van der Waals surface area contributed by atoms with Crippen LogP contribution in [0.4, 0.5) is 0 Å². The van der Waals surface area contributed by atoms with E-state index in [1.807, 2.05) is 25.1 Å². The number of amides is 1. The summed E-state index contributed by atoms with van der Waals surface area (Å²) >= 11 is 0. The van der Waals surface area contributed by atoms with Crippen LogP contribution in [0.5, 0.6) is 0 Å². The Morgan fingerprint density at radius 1 is 1.29 bits per heavy atom. The zero-order chi connectivity index (χ0) is 12.3. The number of hydrogen-bond donors (Lipinski definition) is 2. The molecule has 0 aliphatic carbocycles. The number of guanidine groups is 1. The van der Waals surface area contributed by atoms with Crippen molar-refractivity contribution in [3.63, 3.8) is 0 Å².